The first-order valence-electron chi connectivity index (χ1n) is 4.70. The maximum Gasteiger partial charge on any atom is 0.157 e. The van der Waals surface area contributed by atoms with Crippen LogP contribution < -0.4 is 5.73 Å². The second kappa shape index (κ2) is 3.34. The van der Waals surface area contributed by atoms with Crippen molar-refractivity contribution in [3.8, 4) is 5.82 Å². The predicted octanol–water partition coefficient (Wildman–Crippen LogP) is 1.17. The van der Waals surface area contributed by atoms with Crippen LogP contribution in [-0.4, -0.2) is 19.7 Å². The van der Waals surface area contributed by atoms with Crippen molar-refractivity contribution < 1.29 is 0 Å². The topological polar surface area (TPSA) is 69.6 Å². The quantitative estimate of drug-likeness (QED) is 0.755. The number of rotatable bonds is 1. The second-order valence-electron chi connectivity index (χ2n) is 3.51. The molecule has 0 aromatic carbocycles. The Morgan fingerprint density at radius 3 is 2.47 bits per heavy atom. The van der Waals surface area contributed by atoms with Gasteiger partial charge in [0.2, 0.25) is 0 Å². The maximum atomic E-state index is 5.73. The number of aromatic nitrogens is 4. The molecule has 0 fully saturated rings. The minimum atomic E-state index is 0.670. The molecule has 15 heavy (non-hydrogen) atoms. The first-order valence-corrected chi connectivity index (χ1v) is 4.70. The van der Waals surface area contributed by atoms with E-state index in [1.807, 2.05) is 26.8 Å². The molecular weight excluding hydrogens is 190 g/mol. The van der Waals surface area contributed by atoms with Crippen LogP contribution in [0.5, 0.6) is 0 Å². The zero-order valence-corrected chi connectivity index (χ0v) is 9.02. The van der Waals surface area contributed by atoms with Gasteiger partial charge in [0.05, 0.1) is 17.6 Å². The van der Waals surface area contributed by atoms with E-state index in [-0.39, 0.29) is 0 Å². The summed E-state index contributed by atoms with van der Waals surface area (Å²) in [4.78, 5) is 8.52. The maximum absolute atomic E-state index is 5.73. The summed E-state index contributed by atoms with van der Waals surface area (Å²) in [6, 6.07) is 1.88. The van der Waals surface area contributed by atoms with Crippen molar-refractivity contribution in [2.24, 2.45) is 0 Å². The van der Waals surface area contributed by atoms with Crippen molar-refractivity contribution in [1.82, 2.24) is 19.7 Å². The molecule has 2 aromatic heterocycles. The first kappa shape index (κ1) is 9.64. The van der Waals surface area contributed by atoms with Crippen LogP contribution in [0.1, 0.15) is 17.2 Å². The second-order valence-corrected chi connectivity index (χ2v) is 3.51. The molecule has 0 aliphatic rings. The summed E-state index contributed by atoms with van der Waals surface area (Å²) in [6.07, 6.45) is 1.63. The van der Waals surface area contributed by atoms with E-state index >= 15 is 0 Å². The van der Waals surface area contributed by atoms with Gasteiger partial charge >= 0.3 is 0 Å². The van der Waals surface area contributed by atoms with Gasteiger partial charge in [0.25, 0.3) is 0 Å². The molecule has 0 saturated heterocycles. The molecule has 0 atom stereocenters. The van der Waals surface area contributed by atoms with Crippen molar-refractivity contribution in [3.63, 3.8) is 0 Å². The zero-order chi connectivity index (χ0) is 11.0. The van der Waals surface area contributed by atoms with Crippen molar-refractivity contribution in [3.05, 3.63) is 29.5 Å². The van der Waals surface area contributed by atoms with E-state index in [0.29, 0.717) is 5.69 Å². The zero-order valence-electron chi connectivity index (χ0n) is 9.02. The third-order valence-corrected chi connectivity index (χ3v) is 2.22. The molecule has 0 amide bonds. The molecule has 2 heterocycles. The highest BCUT2D eigenvalue weighted by Gasteiger charge is 2.07. The minimum absolute atomic E-state index is 0.670. The van der Waals surface area contributed by atoms with Crippen LogP contribution in [0.3, 0.4) is 0 Å². The third kappa shape index (κ3) is 1.68. The lowest BCUT2D eigenvalue weighted by molar-refractivity contribution is 0.798. The molecule has 0 unspecified atom stereocenters. The van der Waals surface area contributed by atoms with Gasteiger partial charge in [-0.2, -0.15) is 5.10 Å². The van der Waals surface area contributed by atoms with Gasteiger partial charge in [0.1, 0.15) is 5.82 Å². The van der Waals surface area contributed by atoms with E-state index in [2.05, 4.69) is 15.1 Å². The number of aryl methyl sites for hydroxylation is 2. The number of nitrogens with zero attached hydrogens (tertiary/aromatic N) is 4. The number of hydrogen-bond acceptors (Lipinski definition) is 4. The minimum Gasteiger partial charge on any atom is -0.396 e. The monoisotopic (exact) mass is 203 g/mol. The molecular formula is C10H13N5. The standard InChI is InChI=1S/C10H13N5/c1-6-4-10(14-8(3)13-6)15-7(2)9(11)5-12-15/h4-5H,11H2,1-3H3. The fraction of sp³-hybridized carbons (Fsp3) is 0.300. The van der Waals surface area contributed by atoms with Gasteiger partial charge in [-0.1, -0.05) is 0 Å². The van der Waals surface area contributed by atoms with Gasteiger partial charge in [0.15, 0.2) is 5.82 Å². The molecule has 0 saturated carbocycles. The van der Waals surface area contributed by atoms with Gasteiger partial charge < -0.3 is 5.73 Å². The Morgan fingerprint density at radius 2 is 1.93 bits per heavy atom. The van der Waals surface area contributed by atoms with Crippen molar-refractivity contribution >= 4 is 5.69 Å². The molecule has 5 nitrogen and oxygen atoms in total. The van der Waals surface area contributed by atoms with Crippen LogP contribution in [-0.2, 0) is 0 Å². The number of nitrogen functional groups attached to an aromatic ring is 1. The average Bonchev–Trinajstić information content (AvgIpc) is 2.46. The summed E-state index contributed by atoms with van der Waals surface area (Å²) >= 11 is 0. The fourth-order valence-electron chi connectivity index (χ4n) is 1.46. The predicted molar refractivity (Wildman–Crippen MR) is 57.8 cm³/mol. The Bertz CT molecular complexity index is 480. The lowest BCUT2D eigenvalue weighted by Gasteiger charge is -2.05. The largest absolute Gasteiger partial charge is 0.396 e. The van der Waals surface area contributed by atoms with E-state index in [1.165, 1.54) is 0 Å². The Labute approximate surface area is 88.0 Å². The molecule has 78 valence electrons. The Balaban J connectivity index is 2.58. The fourth-order valence-corrected chi connectivity index (χ4v) is 1.46. The van der Waals surface area contributed by atoms with E-state index in [0.717, 1.165) is 23.0 Å². The van der Waals surface area contributed by atoms with Crippen molar-refractivity contribution in [1.29, 1.82) is 0 Å². The van der Waals surface area contributed by atoms with E-state index in [1.54, 1.807) is 10.9 Å². The Hall–Kier alpha value is -1.91. The third-order valence-electron chi connectivity index (χ3n) is 2.22. The van der Waals surface area contributed by atoms with Crippen LogP contribution in [0.25, 0.3) is 5.82 Å². The number of hydrogen-bond donors (Lipinski definition) is 1. The van der Waals surface area contributed by atoms with E-state index in [9.17, 15) is 0 Å². The lowest BCUT2D eigenvalue weighted by Crippen LogP contribution is -2.05. The Kier molecular flexibility index (Phi) is 2.15. The van der Waals surface area contributed by atoms with Crippen LogP contribution in [0, 0.1) is 20.8 Å². The van der Waals surface area contributed by atoms with Gasteiger partial charge in [-0.05, 0) is 20.8 Å². The summed E-state index contributed by atoms with van der Waals surface area (Å²) in [5.74, 6) is 1.49. The molecule has 0 radical (unpaired) electrons. The van der Waals surface area contributed by atoms with Gasteiger partial charge in [-0.25, -0.2) is 14.6 Å². The van der Waals surface area contributed by atoms with Gasteiger partial charge in [-0.3, -0.25) is 0 Å². The SMILES string of the molecule is Cc1cc(-n2ncc(N)c2C)nc(C)n1. The van der Waals surface area contributed by atoms with Crippen LogP contribution in [0.2, 0.25) is 0 Å². The smallest absolute Gasteiger partial charge is 0.157 e. The lowest BCUT2D eigenvalue weighted by atomic mass is 10.4. The highest BCUT2D eigenvalue weighted by Crippen LogP contribution is 2.14. The van der Waals surface area contributed by atoms with Gasteiger partial charge in [0, 0.05) is 11.8 Å². The van der Waals surface area contributed by atoms with Gasteiger partial charge in [-0.15, -0.1) is 0 Å². The summed E-state index contributed by atoms with van der Waals surface area (Å²) < 4.78 is 1.72. The van der Waals surface area contributed by atoms with Crippen LogP contribution in [0.4, 0.5) is 5.69 Å². The highest BCUT2D eigenvalue weighted by molar-refractivity contribution is 5.43. The highest BCUT2D eigenvalue weighted by atomic mass is 15.3. The van der Waals surface area contributed by atoms with E-state index < -0.39 is 0 Å². The average molecular weight is 203 g/mol. The van der Waals surface area contributed by atoms with Crippen molar-refractivity contribution in [2.45, 2.75) is 20.8 Å². The summed E-state index contributed by atoms with van der Waals surface area (Å²) in [5.41, 5.74) is 8.22. The molecule has 0 aliphatic carbocycles. The molecule has 2 aromatic rings. The summed E-state index contributed by atoms with van der Waals surface area (Å²) in [7, 11) is 0. The number of anilines is 1. The molecule has 2 N–H and O–H groups in total. The summed E-state index contributed by atoms with van der Waals surface area (Å²) in [6.45, 7) is 5.70. The first-order chi connectivity index (χ1) is 7.08. The molecule has 2 rings (SSSR count). The number of nitrogens with two attached hydrogens (primary N) is 1. The molecule has 5 heteroatoms. The van der Waals surface area contributed by atoms with Crippen LogP contribution in [0.15, 0.2) is 12.3 Å². The van der Waals surface area contributed by atoms with E-state index in [4.69, 9.17) is 5.73 Å². The van der Waals surface area contributed by atoms with Crippen molar-refractivity contribution in [2.75, 3.05) is 5.73 Å². The van der Waals surface area contributed by atoms with Crippen LogP contribution >= 0.6 is 0 Å². The molecule has 0 bridgehead atoms. The Morgan fingerprint density at radius 1 is 1.20 bits per heavy atom. The normalized spacial score (nSPS) is 10.6. The summed E-state index contributed by atoms with van der Waals surface area (Å²) in [5, 5.41) is 4.17. The molecule has 0 aliphatic heterocycles. The molecule has 0 spiro atoms.